The molecule has 1 heterocycles. The first-order chi connectivity index (χ1) is 11.1. The van der Waals surface area contributed by atoms with Gasteiger partial charge in [0.1, 0.15) is 13.2 Å². The van der Waals surface area contributed by atoms with Crippen molar-refractivity contribution in [2.75, 3.05) is 32.8 Å². The van der Waals surface area contributed by atoms with Gasteiger partial charge in [0.05, 0.1) is 17.4 Å². The third kappa shape index (κ3) is 4.82. The molecular weight excluding hydrogens is 302 g/mol. The number of hydrogen-bond acceptors (Lipinski definition) is 6. The van der Waals surface area contributed by atoms with Crippen molar-refractivity contribution in [2.24, 2.45) is 0 Å². The van der Waals surface area contributed by atoms with Gasteiger partial charge in [-0.3, -0.25) is 14.9 Å². The second-order valence-corrected chi connectivity index (χ2v) is 5.16. The topological polar surface area (TPSA) is 103 Å². The fraction of sp³-hybridized carbons (Fsp3) is 0.533. The molecule has 8 nitrogen and oxygen atoms in total. The number of carbonyl (C=O) groups is 1. The molecule has 1 aliphatic rings. The summed E-state index contributed by atoms with van der Waals surface area (Å²) in [6, 6.07) is 2.83. The average molecular weight is 323 g/mol. The maximum atomic E-state index is 12.0. The van der Waals surface area contributed by atoms with Crippen molar-refractivity contribution in [2.45, 2.75) is 19.8 Å². The fourth-order valence-electron chi connectivity index (χ4n) is 2.26. The number of amides is 1. The number of fused-ring (bicyclic) bond motifs is 1. The maximum Gasteiger partial charge on any atom is 0.277 e. The van der Waals surface area contributed by atoms with Gasteiger partial charge in [0.25, 0.3) is 5.69 Å². The van der Waals surface area contributed by atoms with E-state index in [1.165, 1.54) is 12.1 Å². The molecule has 2 rings (SSSR count). The van der Waals surface area contributed by atoms with E-state index in [1.54, 1.807) is 0 Å². The smallest absolute Gasteiger partial charge is 0.277 e. The van der Waals surface area contributed by atoms with Crippen LogP contribution in [0.5, 0.6) is 11.5 Å². The zero-order chi connectivity index (χ0) is 16.7. The molecule has 0 atom stereocenters. The fourth-order valence-corrected chi connectivity index (χ4v) is 2.26. The summed E-state index contributed by atoms with van der Waals surface area (Å²) in [5.74, 6) is 0.521. The largest absolute Gasteiger partial charge is 0.486 e. The zero-order valence-electron chi connectivity index (χ0n) is 13.1. The van der Waals surface area contributed by atoms with Crippen molar-refractivity contribution in [1.82, 2.24) is 10.6 Å². The zero-order valence-corrected chi connectivity index (χ0v) is 13.1. The molecule has 1 aromatic carbocycles. The maximum absolute atomic E-state index is 12.0. The van der Waals surface area contributed by atoms with Gasteiger partial charge in [0, 0.05) is 18.7 Å². The highest BCUT2D eigenvalue weighted by Crippen LogP contribution is 2.36. The van der Waals surface area contributed by atoms with Crippen LogP contribution in [-0.2, 0) is 11.2 Å². The van der Waals surface area contributed by atoms with Crippen molar-refractivity contribution in [3.63, 3.8) is 0 Å². The van der Waals surface area contributed by atoms with E-state index in [9.17, 15) is 14.9 Å². The third-order valence-electron chi connectivity index (χ3n) is 3.34. The lowest BCUT2D eigenvalue weighted by atomic mass is 10.1. The predicted octanol–water partition coefficient (Wildman–Crippen LogP) is 1.02. The molecule has 126 valence electrons. The minimum Gasteiger partial charge on any atom is -0.486 e. The van der Waals surface area contributed by atoms with Gasteiger partial charge >= 0.3 is 0 Å². The predicted molar refractivity (Wildman–Crippen MR) is 84.0 cm³/mol. The number of ether oxygens (including phenoxy) is 2. The van der Waals surface area contributed by atoms with Gasteiger partial charge in [-0.1, -0.05) is 6.92 Å². The van der Waals surface area contributed by atoms with Crippen LogP contribution in [0.4, 0.5) is 5.69 Å². The first kappa shape index (κ1) is 17.0. The molecule has 2 N–H and O–H groups in total. The van der Waals surface area contributed by atoms with E-state index in [2.05, 4.69) is 17.6 Å². The lowest BCUT2D eigenvalue weighted by Gasteiger charge is -2.19. The molecule has 0 bridgehead atoms. The van der Waals surface area contributed by atoms with E-state index in [4.69, 9.17) is 9.47 Å². The SMILES string of the molecule is CCCNCCNC(=O)Cc1cc2c(cc1[N+](=O)[O-])OCCO2. The summed E-state index contributed by atoms with van der Waals surface area (Å²) in [6.07, 6.45) is 0.956. The van der Waals surface area contributed by atoms with Crippen molar-refractivity contribution in [3.8, 4) is 11.5 Å². The Balaban J connectivity index is 2.00. The average Bonchev–Trinajstić information content (AvgIpc) is 2.53. The Labute approximate surface area is 134 Å². The number of benzene rings is 1. The first-order valence-electron chi connectivity index (χ1n) is 7.66. The van der Waals surface area contributed by atoms with Gasteiger partial charge in [-0.05, 0) is 19.0 Å². The van der Waals surface area contributed by atoms with Gasteiger partial charge < -0.3 is 20.1 Å². The summed E-state index contributed by atoms with van der Waals surface area (Å²) >= 11 is 0. The van der Waals surface area contributed by atoms with Crippen LogP contribution in [0.25, 0.3) is 0 Å². The Morgan fingerprint density at radius 2 is 1.91 bits per heavy atom. The number of nitro benzene ring substituents is 1. The van der Waals surface area contributed by atoms with Crippen LogP contribution in [0.3, 0.4) is 0 Å². The molecule has 23 heavy (non-hydrogen) atoms. The Bertz CT molecular complexity index is 576. The molecule has 0 unspecified atom stereocenters. The standard InChI is InChI=1S/C15H21N3O5/c1-2-3-16-4-5-17-15(19)9-11-8-13-14(23-7-6-22-13)10-12(11)18(20)21/h8,10,16H,2-7,9H2,1H3,(H,17,19). The summed E-state index contributed by atoms with van der Waals surface area (Å²) in [7, 11) is 0. The van der Waals surface area contributed by atoms with Crippen LogP contribution < -0.4 is 20.1 Å². The van der Waals surface area contributed by atoms with Crippen LogP contribution in [0.15, 0.2) is 12.1 Å². The number of nitrogens with zero attached hydrogens (tertiary/aromatic N) is 1. The molecule has 0 saturated heterocycles. The Morgan fingerprint density at radius 1 is 1.22 bits per heavy atom. The molecule has 0 spiro atoms. The van der Waals surface area contributed by atoms with E-state index in [1.807, 2.05) is 0 Å². The first-order valence-corrected chi connectivity index (χ1v) is 7.66. The molecule has 1 aliphatic heterocycles. The Hall–Kier alpha value is -2.35. The van der Waals surface area contributed by atoms with Gasteiger partial charge in [0.2, 0.25) is 5.91 Å². The molecule has 8 heteroatoms. The molecule has 1 aromatic rings. The van der Waals surface area contributed by atoms with E-state index < -0.39 is 4.92 Å². The monoisotopic (exact) mass is 323 g/mol. The second kappa shape index (κ2) is 8.33. The van der Waals surface area contributed by atoms with E-state index in [0.29, 0.717) is 43.4 Å². The highest BCUT2D eigenvalue weighted by atomic mass is 16.6. The molecule has 0 saturated carbocycles. The minimum atomic E-state index is -0.510. The quantitative estimate of drug-likeness (QED) is 0.421. The van der Waals surface area contributed by atoms with E-state index in [0.717, 1.165) is 13.0 Å². The molecule has 0 aromatic heterocycles. The molecule has 0 fully saturated rings. The number of rotatable bonds is 8. The van der Waals surface area contributed by atoms with E-state index >= 15 is 0 Å². The lowest BCUT2D eigenvalue weighted by molar-refractivity contribution is -0.385. The van der Waals surface area contributed by atoms with Crippen LogP contribution in [0, 0.1) is 10.1 Å². The van der Waals surface area contributed by atoms with Crippen molar-refractivity contribution >= 4 is 11.6 Å². The highest BCUT2D eigenvalue weighted by molar-refractivity contribution is 5.80. The van der Waals surface area contributed by atoms with Crippen LogP contribution in [0.2, 0.25) is 0 Å². The summed E-state index contributed by atoms with van der Waals surface area (Å²) in [4.78, 5) is 22.6. The summed E-state index contributed by atoms with van der Waals surface area (Å²) in [6.45, 7) is 4.85. The highest BCUT2D eigenvalue weighted by Gasteiger charge is 2.23. The van der Waals surface area contributed by atoms with Crippen LogP contribution in [-0.4, -0.2) is 43.7 Å². The summed E-state index contributed by atoms with van der Waals surface area (Å²) in [5, 5.41) is 17.1. The number of nitrogens with one attached hydrogen (secondary N) is 2. The number of hydrogen-bond donors (Lipinski definition) is 2. The van der Waals surface area contributed by atoms with Crippen molar-refractivity contribution in [1.29, 1.82) is 0 Å². The van der Waals surface area contributed by atoms with Gasteiger partial charge in [0.15, 0.2) is 11.5 Å². The van der Waals surface area contributed by atoms with Gasteiger partial charge in [-0.25, -0.2) is 0 Å². The van der Waals surface area contributed by atoms with Crippen molar-refractivity contribution in [3.05, 3.63) is 27.8 Å². The molecular formula is C15H21N3O5. The Kier molecular flexibility index (Phi) is 6.16. The number of carbonyl (C=O) groups excluding carboxylic acids is 1. The lowest BCUT2D eigenvalue weighted by Crippen LogP contribution is -2.33. The minimum absolute atomic E-state index is 0.0687. The van der Waals surface area contributed by atoms with Crippen LogP contribution in [0.1, 0.15) is 18.9 Å². The normalized spacial score (nSPS) is 12.7. The Morgan fingerprint density at radius 3 is 2.57 bits per heavy atom. The van der Waals surface area contributed by atoms with Gasteiger partial charge in [-0.15, -0.1) is 0 Å². The molecule has 0 aliphatic carbocycles. The number of nitro groups is 1. The van der Waals surface area contributed by atoms with Gasteiger partial charge in [-0.2, -0.15) is 0 Å². The molecule has 0 radical (unpaired) electrons. The molecule has 1 amide bonds. The second-order valence-electron chi connectivity index (χ2n) is 5.16. The summed E-state index contributed by atoms with van der Waals surface area (Å²) in [5.41, 5.74) is 0.187. The van der Waals surface area contributed by atoms with E-state index in [-0.39, 0.29) is 18.0 Å². The van der Waals surface area contributed by atoms with Crippen molar-refractivity contribution < 1.29 is 19.2 Å². The summed E-state index contributed by atoms with van der Waals surface area (Å²) < 4.78 is 10.8. The third-order valence-corrected chi connectivity index (χ3v) is 3.34. The van der Waals surface area contributed by atoms with Crippen LogP contribution >= 0.6 is 0 Å².